The molecule has 21 nitrogen and oxygen atoms in total. The Morgan fingerprint density at radius 2 is 1.25 bits per heavy atom. The normalized spacial score (nSPS) is 18.6. The summed E-state index contributed by atoms with van der Waals surface area (Å²) in [6, 6.07) is 17.0. The van der Waals surface area contributed by atoms with Gasteiger partial charge in [-0.25, -0.2) is 14.8 Å². The van der Waals surface area contributed by atoms with Crippen molar-refractivity contribution in [1.82, 2.24) is 40.6 Å². The van der Waals surface area contributed by atoms with Gasteiger partial charge in [0.1, 0.15) is 28.7 Å². The molecular formula is C55H74N10O11. The maximum Gasteiger partial charge on any atom is 0.410 e. The summed E-state index contributed by atoms with van der Waals surface area (Å²) in [5.74, 6) is 1.58. The molecule has 0 bridgehead atoms. The molecule has 4 aromatic rings. The van der Waals surface area contributed by atoms with Crippen LogP contribution in [0.2, 0.25) is 0 Å². The van der Waals surface area contributed by atoms with Crippen LogP contribution in [0.25, 0.3) is 0 Å². The number of phenols is 1. The van der Waals surface area contributed by atoms with E-state index in [2.05, 4.69) is 36.6 Å². The number of aromatic nitrogens is 2. The average molecular weight is 1050 g/mol. The number of phenolic OH excluding ortho intramolecular Hbond substituents is 1. The van der Waals surface area contributed by atoms with Gasteiger partial charge in [0, 0.05) is 115 Å². The van der Waals surface area contributed by atoms with Crippen molar-refractivity contribution in [2.45, 2.75) is 128 Å². The molecule has 2 aromatic carbocycles. The molecule has 4 atom stereocenters. The third-order valence-corrected chi connectivity index (χ3v) is 14.0. The Balaban J connectivity index is 0.000000229. The van der Waals surface area contributed by atoms with Crippen molar-refractivity contribution in [1.29, 1.82) is 0 Å². The smallest absolute Gasteiger partial charge is 0.410 e. The van der Waals surface area contributed by atoms with Crippen LogP contribution in [-0.4, -0.2) is 165 Å². The van der Waals surface area contributed by atoms with E-state index < -0.39 is 29.9 Å². The number of aliphatic hydroxyl groups excluding tert-OH is 2. The van der Waals surface area contributed by atoms with Gasteiger partial charge in [0.2, 0.25) is 11.8 Å². The number of carbonyl (C=O) groups excluding carboxylic acids is 5. The number of methoxy groups -OCH3 is 1. The lowest BCUT2D eigenvalue weighted by Crippen LogP contribution is -2.54. The molecule has 8 N–H and O–H groups in total. The quantitative estimate of drug-likeness (QED) is 0.0784. The molecule has 2 aromatic heterocycles. The molecule has 76 heavy (non-hydrogen) atoms. The predicted molar refractivity (Wildman–Crippen MR) is 284 cm³/mol. The van der Waals surface area contributed by atoms with Gasteiger partial charge in [-0.15, -0.1) is 0 Å². The second-order valence-electron chi connectivity index (χ2n) is 20.8. The van der Waals surface area contributed by atoms with Crippen LogP contribution in [0.4, 0.5) is 16.4 Å². The Morgan fingerprint density at radius 1 is 0.711 bits per heavy atom. The molecule has 410 valence electrons. The van der Waals surface area contributed by atoms with Gasteiger partial charge < -0.3 is 65.9 Å². The van der Waals surface area contributed by atoms with E-state index in [9.17, 15) is 39.3 Å². The summed E-state index contributed by atoms with van der Waals surface area (Å²) >= 11 is 0. The first kappa shape index (κ1) is 56.7. The molecule has 0 saturated carbocycles. The highest BCUT2D eigenvalue weighted by molar-refractivity contribution is 5.95. The van der Waals surface area contributed by atoms with Gasteiger partial charge in [-0.1, -0.05) is 12.1 Å². The summed E-state index contributed by atoms with van der Waals surface area (Å²) in [6.07, 6.45) is 5.06. The van der Waals surface area contributed by atoms with Gasteiger partial charge in [-0.3, -0.25) is 24.1 Å². The number of aromatic hydroxyl groups is 1. The van der Waals surface area contributed by atoms with Crippen molar-refractivity contribution < 1.29 is 53.5 Å². The Bertz CT molecular complexity index is 2650. The van der Waals surface area contributed by atoms with Crippen molar-refractivity contribution in [2.24, 2.45) is 0 Å². The van der Waals surface area contributed by atoms with Gasteiger partial charge in [-0.05, 0) is 130 Å². The third-order valence-electron chi connectivity index (χ3n) is 14.0. The SMILES string of the molecule is CC(=O)N1CCC(Nc2cc(C(=O)NC[C@@H](O)[C@@H]3Cc4ccc(O)cc4CN3)ccn2)CC1.COCOc1ccc2c(c1)CN(C(=O)OC(C)(C)C)[C@H]([C@H](O)CNC(=O)c1ccnc(NC3CCN(C(C)=O)CC3)c1)C2. The van der Waals surface area contributed by atoms with E-state index >= 15 is 0 Å². The van der Waals surface area contributed by atoms with Crippen LogP contribution in [-0.2, 0) is 45.0 Å². The maximum absolute atomic E-state index is 13.2. The van der Waals surface area contributed by atoms with Gasteiger partial charge in [-0.2, -0.15) is 0 Å². The molecule has 0 radical (unpaired) electrons. The standard InChI is InChI=1S/C31H43N5O7.C24H31N5O4/c1-20(37)35-12-9-24(10-13-35)34-28-16-22(8-11-32-28)29(39)33-17-27(38)26-15-21-6-7-25(42-19-41-5)14-23(21)18-36(26)30(40)43-31(2,3)4;1-15(30)29-8-5-19(6-9-29)28-23-12-17(4-7-25-23)24(33)27-14-22(32)21-11-16-2-3-20(31)10-18(16)13-26-21/h6-8,11,14,16,24,26-27,38H,9-10,12-13,15,17-19H2,1-5H3,(H,32,34)(H,33,39);2-4,7,10,12,19,21-22,26,31-32H,5-6,8-9,11,13-14H2,1H3,(H,25,28)(H,27,33)/t26-,27+;21-,22+/m00/s1. The highest BCUT2D eigenvalue weighted by atomic mass is 16.7. The lowest BCUT2D eigenvalue weighted by Gasteiger charge is -2.40. The second kappa shape index (κ2) is 26.1. The number of ether oxygens (including phenoxy) is 3. The summed E-state index contributed by atoms with van der Waals surface area (Å²) in [7, 11) is 1.54. The minimum atomic E-state index is -1.06. The first-order valence-electron chi connectivity index (χ1n) is 26.0. The molecule has 0 unspecified atom stereocenters. The number of hydrogen-bond donors (Lipinski definition) is 8. The zero-order chi connectivity index (χ0) is 54.5. The number of aliphatic hydroxyl groups is 2. The summed E-state index contributed by atoms with van der Waals surface area (Å²) in [4.78, 5) is 75.9. The molecule has 2 saturated heterocycles. The van der Waals surface area contributed by atoms with Crippen molar-refractivity contribution in [2.75, 3.05) is 63.8 Å². The predicted octanol–water partition coefficient (Wildman–Crippen LogP) is 3.96. The zero-order valence-electron chi connectivity index (χ0n) is 44.3. The molecular weight excluding hydrogens is 977 g/mol. The number of piperidine rings is 2. The van der Waals surface area contributed by atoms with E-state index in [1.54, 1.807) is 90.5 Å². The number of nitrogens with one attached hydrogen (secondary N) is 5. The fourth-order valence-corrected chi connectivity index (χ4v) is 9.74. The fourth-order valence-electron chi connectivity index (χ4n) is 9.74. The van der Waals surface area contributed by atoms with Gasteiger partial charge in [0.05, 0.1) is 18.2 Å². The minimum Gasteiger partial charge on any atom is -0.508 e. The largest absolute Gasteiger partial charge is 0.508 e. The molecule has 0 aliphatic carbocycles. The number of likely N-dealkylation sites (tertiary alicyclic amines) is 2. The van der Waals surface area contributed by atoms with Crippen LogP contribution in [0.1, 0.15) is 103 Å². The second-order valence-corrected chi connectivity index (χ2v) is 20.8. The summed E-state index contributed by atoms with van der Waals surface area (Å²) in [5.41, 5.74) is 4.11. The number of nitrogens with zero attached hydrogens (tertiary/aromatic N) is 5. The van der Waals surface area contributed by atoms with Crippen LogP contribution in [0.15, 0.2) is 73.1 Å². The molecule has 4 aliphatic rings. The van der Waals surface area contributed by atoms with Crippen molar-refractivity contribution in [3.8, 4) is 11.5 Å². The maximum atomic E-state index is 13.2. The molecule has 6 heterocycles. The number of amides is 5. The van der Waals surface area contributed by atoms with Crippen LogP contribution < -0.4 is 31.3 Å². The van der Waals surface area contributed by atoms with E-state index in [0.717, 1.165) is 47.9 Å². The Labute approximate surface area is 444 Å². The first-order chi connectivity index (χ1) is 36.3. The molecule has 0 spiro atoms. The third kappa shape index (κ3) is 16.0. The molecule has 8 rings (SSSR count). The summed E-state index contributed by atoms with van der Waals surface area (Å²) < 4.78 is 16.2. The van der Waals surface area contributed by atoms with Crippen LogP contribution in [0, 0.1) is 0 Å². The van der Waals surface area contributed by atoms with Crippen molar-refractivity contribution in [3.05, 3.63) is 106 Å². The minimum absolute atomic E-state index is 0.0677. The first-order valence-corrected chi connectivity index (χ1v) is 26.0. The van der Waals surface area contributed by atoms with E-state index in [0.29, 0.717) is 74.1 Å². The summed E-state index contributed by atoms with van der Waals surface area (Å²) in [6.45, 7) is 12.3. The number of benzene rings is 2. The lowest BCUT2D eigenvalue weighted by molar-refractivity contribution is -0.130. The Hall–Kier alpha value is -7.07. The molecule has 2 fully saturated rings. The van der Waals surface area contributed by atoms with Crippen molar-refractivity contribution in [3.63, 3.8) is 0 Å². The van der Waals surface area contributed by atoms with E-state index in [1.807, 2.05) is 34.1 Å². The Morgan fingerprint density at radius 3 is 1.79 bits per heavy atom. The number of rotatable bonds is 15. The topological polar surface area (TPSA) is 269 Å². The molecule has 5 amide bonds. The van der Waals surface area contributed by atoms with Gasteiger partial charge >= 0.3 is 6.09 Å². The number of hydrogen-bond acceptors (Lipinski definition) is 16. The molecule has 4 aliphatic heterocycles. The highest BCUT2D eigenvalue weighted by Crippen LogP contribution is 2.30. The van der Waals surface area contributed by atoms with E-state index in [4.69, 9.17) is 14.2 Å². The highest BCUT2D eigenvalue weighted by Gasteiger charge is 2.37. The fraction of sp³-hybridized carbons (Fsp3) is 0.509. The van der Waals surface area contributed by atoms with Crippen LogP contribution in [0.3, 0.4) is 0 Å². The monoisotopic (exact) mass is 1050 g/mol. The molecule has 21 heteroatoms. The Kier molecular flexibility index (Phi) is 19.5. The summed E-state index contributed by atoms with van der Waals surface area (Å²) in [5, 5.41) is 47.1. The van der Waals surface area contributed by atoms with Crippen molar-refractivity contribution >= 4 is 41.4 Å². The van der Waals surface area contributed by atoms with Gasteiger partial charge in [0.15, 0.2) is 6.79 Å². The van der Waals surface area contributed by atoms with E-state index in [1.165, 1.54) is 4.90 Å². The number of pyridine rings is 2. The number of fused-ring (bicyclic) bond motifs is 2. The van der Waals surface area contributed by atoms with Crippen LogP contribution in [0.5, 0.6) is 11.5 Å². The lowest BCUT2D eigenvalue weighted by atomic mass is 9.91. The van der Waals surface area contributed by atoms with E-state index in [-0.39, 0.29) is 73.9 Å². The van der Waals surface area contributed by atoms with Crippen LogP contribution >= 0.6 is 0 Å². The zero-order valence-corrected chi connectivity index (χ0v) is 44.3. The number of anilines is 2. The van der Waals surface area contributed by atoms with Gasteiger partial charge in [0.25, 0.3) is 11.8 Å². The number of carbonyl (C=O) groups is 5. The average Bonchev–Trinajstić information content (AvgIpc) is 3.40.